The number of fused-ring (bicyclic) bond motifs is 9. The number of imide groups is 1. The smallest absolute Gasteiger partial charge is 0.238 e. The van der Waals surface area contributed by atoms with Gasteiger partial charge in [-0.1, -0.05) is 12.1 Å². The third kappa shape index (κ3) is 2.74. The maximum absolute atomic E-state index is 13.6. The molecule has 2 aliphatic carbocycles. The van der Waals surface area contributed by atoms with Gasteiger partial charge >= 0.3 is 0 Å². The van der Waals surface area contributed by atoms with Gasteiger partial charge in [0.15, 0.2) is 3.95 Å². The van der Waals surface area contributed by atoms with Crippen LogP contribution >= 0.6 is 35.3 Å². The molecule has 7 unspecified atom stereocenters. The Morgan fingerprint density at radius 2 is 1.68 bits per heavy atom. The lowest BCUT2D eigenvalue weighted by Gasteiger charge is -2.43. The Morgan fingerprint density at radius 1 is 1.00 bits per heavy atom. The number of rotatable bonds is 2. The molecule has 3 aromatic rings. The number of aromatic hydroxyl groups is 1. The minimum Gasteiger partial charge on any atom is -0.508 e. The molecule has 3 heterocycles. The van der Waals surface area contributed by atoms with Crippen molar-refractivity contribution in [1.82, 2.24) is 4.98 Å². The SMILES string of the molecule is O=C1C2C3CC(C2C(=O)N1c1ccc(F)cc1)C1C(c2ccc(O)cc2)c2sc(=S)[nH]c2SC31. The van der Waals surface area contributed by atoms with Crippen molar-refractivity contribution in [3.63, 3.8) is 0 Å². The van der Waals surface area contributed by atoms with Crippen LogP contribution in [-0.2, 0) is 9.59 Å². The number of aromatic amines is 1. The molecule has 2 saturated carbocycles. The van der Waals surface area contributed by atoms with Gasteiger partial charge in [-0.25, -0.2) is 4.39 Å². The number of thioether (sulfide) groups is 1. The number of nitrogens with zero attached hydrogens (tertiary/aromatic N) is 1. The fourth-order valence-electron chi connectivity index (χ4n) is 6.92. The fraction of sp³-hybridized carbons (Fsp3) is 0.320. The Kier molecular flexibility index (Phi) is 4.45. The third-order valence-corrected chi connectivity index (χ3v) is 11.0. The lowest BCUT2D eigenvalue weighted by molar-refractivity contribution is -0.123. The highest BCUT2D eigenvalue weighted by Crippen LogP contribution is 2.69. The van der Waals surface area contributed by atoms with E-state index >= 15 is 0 Å². The summed E-state index contributed by atoms with van der Waals surface area (Å²) in [5.41, 5.74) is 1.54. The normalized spacial score (nSPS) is 33.2. The van der Waals surface area contributed by atoms with Gasteiger partial charge < -0.3 is 10.1 Å². The van der Waals surface area contributed by atoms with Crippen molar-refractivity contribution >= 4 is 52.8 Å². The van der Waals surface area contributed by atoms with E-state index in [9.17, 15) is 19.1 Å². The molecule has 2 aliphatic heterocycles. The zero-order valence-corrected chi connectivity index (χ0v) is 20.1. The van der Waals surface area contributed by atoms with E-state index in [1.165, 1.54) is 34.0 Å². The second-order valence-corrected chi connectivity index (χ2v) is 12.4. The largest absolute Gasteiger partial charge is 0.508 e. The first kappa shape index (κ1) is 20.8. The molecule has 7 rings (SSSR count). The number of hydrogen-bond donors (Lipinski definition) is 2. The van der Waals surface area contributed by atoms with Gasteiger partial charge in [-0.05, 0) is 78.4 Å². The van der Waals surface area contributed by atoms with Crippen molar-refractivity contribution in [3.05, 3.63) is 68.7 Å². The first-order valence-electron chi connectivity index (χ1n) is 11.2. The number of H-pyrrole nitrogens is 1. The van der Waals surface area contributed by atoms with Crippen LogP contribution in [0.5, 0.6) is 5.75 Å². The highest BCUT2D eigenvalue weighted by atomic mass is 32.2. The van der Waals surface area contributed by atoms with Crippen LogP contribution in [0.1, 0.15) is 22.8 Å². The zero-order valence-electron chi connectivity index (χ0n) is 17.7. The van der Waals surface area contributed by atoms with Crippen LogP contribution in [0.3, 0.4) is 0 Å². The van der Waals surface area contributed by atoms with Gasteiger partial charge in [0.1, 0.15) is 11.6 Å². The molecule has 1 saturated heterocycles. The predicted molar refractivity (Wildman–Crippen MR) is 130 cm³/mol. The van der Waals surface area contributed by atoms with E-state index in [1.807, 2.05) is 12.1 Å². The van der Waals surface area contributed by atoms with Gasteiger partial charge in [0.25, 0.3) is 0 Å². The number of thiazole rings is 1. The number of anilines is 1. The topological polar surface area (TPSA) is 73.4 Å². The molecular formula is C25H19FN2O3S3. The number of phenolic OH excluding ortho intramolecular Hbond substituents is 1. The van der Waals surface area contributed by atoms with Crippen LogP contribution in [0, 0.1) is 39.4 Å². The standard InChI is InChI=1S/C25H19FN2O3S3/c26-11-3-5-12(6-4-11)28-23(30)18-14-9-15(19(18)24(28)31)20-17(14)16(10-1-7-13(29)8-2-10)21-22(33-20)27-25(32)34-21/h1-8,14-20,29H,9H2,(H,27,32). The van der Waals surface area contributed by atoms with Crippen molar-refractivity contribution in [2.24, 2.45) is 29.6 Å². The molecular weight excluding hydrogens is 491 g/mol. The number of benzene rings is 2. The summed E-state index contributed by atoms with van der Waals surface area (Å²) in [5, 5.41) is 11.1. The van der Waals surface area contributed by atoms with Crippen molar-refractivity contribution < 1.29 is 19.1 Å². The minimum absolute atomic E-state index is 0.0542. The fourth-order valence-corrected chi connectivity index (χ4v) is 10.3. The molecule has 4 aliphatic rings. The molecule has 2 N–H and O–H groups in total. The Bertz CT molecular complexity index is 1400. The average molecular weight is 511 g/mol. The summed E-state index contributed by atoms with van der Waals surface area (Å²) in [4.78, 5) is 33.0. The maximum Gasteiger partial charge on any atom is 0.238 e. The molecule has 2 bridgehead atoms. The molecule has 2 amide bonds. The zero-order chi connectivity index (χ0) is 23.3. The van der Waals surface area contributed by atoms with E-state index in [0.717, 1.165) is 21.0 Å². The van der Waals surface area contributed by atoms with Gasteiger partial charge in [-0.2, -0.15) is 0 Å². The summed E-state index contributed by atoms with van der Waals surface area (Å²) in [6.07, 6.45) is 0.858. The van der Waals surface area contributed by atoms with Gasteiger partial charge in [0, 0.05) is 16.0 Å². The molecule has 0 radical (unpaired) electrons. The highest BCUT2D eigenvalue weighted by molar-refractivity contribution is 8.00. The Morgan fingerprint density at radius 3 is 2.38 bits per heavy atom. The van der Waals surface area contributed by atoms with E-state index < -0.39 is 5.82 Å². The molecule has 2 aromatic carbocycles. The van der Waals surface area contributed by atoms with Crippen LogP contribution in [0.2, 0.25) is 0 Å². The summed E-state index contributed by atoms with van der Waals surface area (Å²) >= 11 is 8.82. The molecule has 7 atom stereocenters. The lowest BCUT2D eigenvalue weighted by Crippen LogP contribution is -2.42. The first-order chi connectivity index (χ1) is 16.4. The molecule has 34 heavy (non-hydrogen) atoms. The summed E-state index contributed by atoms with van der Waals surface area (Å²) in [5.74, 6) is -0.750. The highest BCUT2D eigenvalue weighted by Gasteiger charge is 2.69. The number of phenols is 1. The monoisotopic (exact) mass is 510 g/mol. The van der Waals surface area contributed by atoms with Crippen molar-refractivity contribution in [2.45, 2.75) is 22.6 Å². The van der Waals surface area contributed by atoms with E-state index in [2.05, 4.69) is 4.98 Å². The first-order valence-corrected chi connectivity index (χ1v) is 13.3. The van der Waals surface area contributed by atoms with E-state index in [1.54, 1.807) is 35.2 Å². The van der Waals surface area contributed by atoms with Crippen molar-refractivity contribution in [2.75, 3.05) is 4.90 Å². The number of aromatic nitrogens is 1. The third-order valence-electron chi connectivity index (χ3n) is 8.06. The Labute approximate surface area is 208 Å². The van der Waals surface area contributed by atoms with Crippen LogP contribution in [0.15, 0.2) is 53.6 Å². The average Bonchev–Trinajstić information content (AvgIpc) is 3.54. The maximum atomic E-state index is 13.6. The molecule has 9 heteroatoms. The Balaban J connectivity index is 1.32. The van der Waals surface area contributed by atoms with Crippen molar-refractivity contribution in [1.29, 1.82) is 0 Å². The summed E-state index contributed by atoms with van der Waals surface area (Å²) in [6.45, 7) is 0. The van der Waals surface area contributed by atoms with Crippen LogP contribution in [-0.4, -0.2) is 27.2 Å². The summed E-state index contributed by atoms with van der Waals surface area (Å²) in [6, 6.07) is 12.9. The molecule has 5 nitrogen and oxygen atoms in total. The number of carbonyl (C=O) groups excluding carboxylic acids is 2. The van der Waals surface area contributed by atoms with E-state index in [-0.39, 0.29) is 58.3 Å². The van der Waals surface area contributed by atoms with E-state index in [0.29, 0.717) is 5.69 Å². The van der Waals surface area contributed by atoms with Crippen LogP contribution in [0.25, 0.3) is 0 Å². The van der Waals surface area contributed by atoms with Crippen molar-refractivity contribution in [3.8, 4) is 5.75 Å². The number of hydrogen-bond acceptors (Lipinski definition) is 6. The van der Waals surface area contributed by atoms with Gasteiger partial charge in [-0.15, -0.1) is 23.1 Å². The quantitative estimate of drug-likeness (QED) is 0.360. The molecule has 1 aromatic heterocycles. The predicted octanol–water partition coefficient (Wildman–Crippen LogP) is 5.33. The number of nitrogens with one attached hydrogen (secondary N) is 1. The van der Waals surface area contributed by atoms with Crippen LogP contribution < -0.4 is 4.90 Å². The molecule has 172 valence electrons. The minimum atomic E-state index is -0.397. The van der Waals surface area contributed by atoms with E-state index in [4.69, 9.17) is 12.2 Å². The lowest BCUT2D eigenvalue weighted by atomic mass is 9.68. The summed E-state index contributed by atoms with van der Waals surface area (Å²) in [7, 11) is 0. The number of halogens is 1. The molecule has 0 spiro atoms. The number of carbonyl (C=O) groups is 2. The van der Waals surface area contributed by atoms with Gasteiger partial charge in [0.05, 0.1) is 22.5 Å². The Hall–Kier alpha value is -2.49. The second-order valence-electron chi connectivity index (χ2n) is 9.54. The van der Waals surface area contributed by atoms with Gasteiger partial charge in [-0.3, -0.25) is 14.5 Å². The number of amides is 2. The molecule has 3 fully saturated rings. The second kappa shape index (κ2) is 7.26. The summed E-state index contributed by atoms with van der Waals surface area (Å²) < 4.78 is 14.2. The van der Waals surface area contributed by atoms with Crippen LogP contribution in [0.4, 0.5) is 10.1 Å². The van der Waals surface area contributed by atoms with Gasteiger partial charge in [0.2, 0.25) is 11.8 Å².